The molecule has 1 aromatic rings. The van der Waals surface area contributed by atoms with Gasteiger partial charge in [-0.15, -0.1) is 5.10 Å². The Morgan fingerprint density at radius 1 is 1.47 bits per heavy atom. The maximum atomic E-state index is 11.9. The number of amides is 1. The Morgan fingerprint density at radius 3 is 3.00 bits per heavy atom. The zero-order chi connectivity index (χ0) is 13.2. The van der Waals surface area contributed by atoms with Gasteiger partial charge in [0.2, 0.25) is 5.82 Å². The number of aromatic nitrogens is 3. The Kier molecular flexibility index (Phi) is 3.50. The topological polar surface area (TPSA) is 73.9 Å². The first kappa shape index (κ1) is 12.6. The van der Waals surface area contributed by atoms with Crippen LogP contribution in [0.5, 0.6) is 0 Å². The molecule has 2 aliphatic rings. The van der Waals surface area contributed by atoms with Crippen LogP contribution in [0.4, 0.5) is 0 Å². The third kappa shape index (κ3) is 2.94. The van der Waals surface area contributed by atoms with E-state index in [1.54, 1.807) is 0 Å². The summed E-state index contributed by atoms with van der Waals surface area (Å²) in [7, 11) is 0. The number of nitrogens with one attached hydrogen (secondary N) is 2. The highest BCUT2D eigenvalue weighted by Gasteiger charge is 2.34. The van der Waals surface area contributed by atoms with Gasteiger partial charge in [-0.3, -0.25) is 9.89 Å². The summed E-state index contributed by atoms with van der Waals surface area (Å²) >= 11 is 0. The Hall–Kier alpha value is -1.43. The van der Waals surface area contributed by atoms with Crippen LogP contribution in [0.2, 0.25) is 0 Å². The predicted octanol–water partition coefficient (Wildman–Crippen LogP) is 0.581. The maximum Gasteiger partial charge on any atom is 0.290 e. The quantitative estimate of drug-likeness (QED) is 0.815. The lowest BCUT2D eigenvalue weighted by atomic mass is 10.1. The minimum Gasteiger partial charge on any atom is -0.349 e. The summed E-state index contributed by atoms with van der Waals surface area (Å²) in [6.07, 6.45) is 4.66. The molecule has 6 heteroatoms. The smallest absolute Gasteiger partial charge is 0.290 e. The highest BCUT2D eigenvalue weighted by molar-refractivity contribution is 5.90. The van der Waals surface area contributed by atoms with Gasteiger partial charge in [-0.2, -0.15) is 0 Å². The standard InChI is InChI=1S/C13H21N5O/c1-2-11-15-12(17-16-11)13(19)14-7-9-5-6-18(8-9)10-3-4-10/h9-10H,2-8H2,1H3,(H,14,19)(H,15,16,17). The summed E-state index contributed by atoms with van der Waals surface area (Å²) in [6, 6.07) is 0.834. The largest absolute Gasteiger partial charge is 0.349 e. The van der Waals surface area contributed by atoms with Crippen LogP contribution in [-0.2, 0) is 6.42 Å². The second-order valence-corrected chi connectivity index (χ2v) is 5.55. The number of rotatable bonds is 5. The van der Waals surface area contributed by atoms with Gasteiger partial charge in [-0.05, 0) is 31.7 Å². The van der Waals surface area contributed by atoms with E-state index in [2.05, 4.69) is 25.4 Å². The first-order valence-corrected chi connectivity index (χ1v) is 7.19. The minimum atomic E-state index is -0.166. The number of nitrogens with zero attached hydrogens (tertiary/aromatic N) is 3. The van der Waals surface area contributed by atoms with Crippen LogP contribution in [-0.4, -0.2) is 51.7 Å². The SMILES string of the molecule is CCc1nc(C(=O)NCC2CCN(C3CC3)C2)n[nH]1. The molecule has 1 atom stereocenters. The van der Waals surface area contributed by atoms with E-state index in [9.17, 15) is 4.79 Å². The van der Waals surface area contributed by atoms with Gasteiger partial charge in [-0.1, -0.05) is 6.92 Å². The Morgan fingerprint density at radius 2 is 2.32 bits per heavy atom. The minimum absolute atomic E-state index is 0.166. The van der Waals surface area contributed by atoms with Gasteiger partial charge in [0.25, 0.3) is 5.91 Å². The van der Waals surface area contributed by atoms with Crippen LogP contribution in [0.1, 0.15) is 42.6 Å². The van der Waals surface area contributed by atoms with Crippen molar-refractivity contribution in [2.75, 3.05) is 19.6 Å². The van der Waals surface area contributed by atoms with E-state index in [0.29, 0.717) is 5.92 Å². The number of hydrogen-bond acceptors (Lipinski definition) is 4. The Balaban J connectivity index is 1.45. The fraction of sp³-hybridized carbons (Fsp3) is 0.769. The monoisotopic (exact) mass is 263 g/mol. The molecule has 1 unspecified atom stereocenters. The van der Waals surface area contributed by atoms with E-state index in [1.807, 2.05) is 6.92 Å². The molecule has 2 N–H and O–H groups in total. The molecule has 1 saturated carbocycles. The van der Waals surface area contributed by atoms with Crippen molar-refractivity contribution in [3.8, 4) is 0 Å². The molecule has 6 nitrogen and oxygen atoms in total. The zero-order valence-electron chi connectivity index (χ0n) is 11.4. The van der Waals surface area contributed by atoms with E-state index in [-0.39, 0.29) is 11.7 Å². The molecule has 1 amide bonds. The van der Waals surface area contributed by atoms with Gasteiger partial charge in [0.05, 0.1) is 0 Å². The van der Waals surface area contributed by atoms with Crippen LogP contribution < -0.4 is 5.32 Å². The van der Waals surface area contributed by atoms with Gasteiger partial charge >= 0.3 is 0 Å². The van der Waals surface area contributed by atoms with E-state index in [0.717, 1.165) is 31.4 Å². The molecular formula is C13H21N5O. The molecule has 1 aliphatic carbocycles. The van der Waals surface area contributed by atoms with Gasteiger partial charge in [-0.25, -0.2) is 4.98 Å². The second-order valence-electron chi connectivity index (χ2n) is 5.55. The van der Waals surface area contributed by atoms with E-state index in [1.165, 1.54) is 25.8 Å². The molecule has 0 radical (unpaired) electrons. The van der Waals surface area contributed by atoms with Gasteiger partial charge in [0.1, 0.15) is 5.82 Å². The van der Waals surface area contributed by atoms with E-state index in [4.69, 9.17) is 0 Å². The molecule has 19 heavy (non-hydrogen) atoms. The number of aromatic amines is 1. The average molecular weight is 263 g/mol. The second kappa shape index (κ2) is 5.28. The van der Waals surface area contributed by atoms with Gasteiger partial charge in [0, 0.05) is 25.6 Å². The van der Waals surface area contributed by atoms with Crippen molar-refractivity contribution in [2.24, 2.45) is 5.92 Å². The molecule has 2 heterocycles. The van der Waals surface area contributed by atoms with Gasteiger partial charge in [0.15, 0.2) is 0 Å². The van der Waals surface area contributed by atoms with Crippen molar-refractivity contribution in [3.05, 3.63) is 11.6 Å². The summed E-state index contributed by atoms with van der Waals surface area (Å²) in [5, 5.41) is 9.64. The van der Waals surface area contributed by atoms with Crippen molar-refractivity contribution in [2.45, 2.75) is 38.6 Å². The van der Waals surface area contributed by atoms with E-state index < -0.39 is 0 Å². The van der Waals surface area contributed by atoms with Crippen molar-refractivity contribution in [1.29, 1.82) is 0 Å². The first-order valence-electron chi connectivity index (χ1n) is 7.19. The molecule has 0 bridgehead atoms. The Labute approximate surface area is 113 Å². The fourth-order valence-corrected chi connectivity index (χ4v) is 2.67. The van der Waals surface area contributed by atoms with Gasteiger partial charge < -0.3 is 10.2 Å². The van der Waals surface area contributed by atoms with Crippen molar-refractivity contribution in [3.63, 3.8) is 0 Å². The third-order valence-electron chi connectivity index (χ3n) is 4.00. The maximum absolute atomic E-state index is 11.9. The molecule has 0 aromatic carbocycles. The predicted molar refractivity (Wildman–Crippen MR) is 70.8 cm³/mol. The molecule has 1 aromatic heterocycles. The molecule has 2 fully saturated rings. The van der Waals surface area contributed by atoms with Crippen molar-refractivity contribution < 1.29 is 4.79 Å². The zero-order valence-corrected chi connectivity index (χ0v) is 11.4. The Bertz CT molecular complexity index is 454. The molecule has 3 rings (SSSR count). The van der Waals surface area contributed by atoms with Crippen LogP contribution in [0.25, 0.3) is 0 Å². The average Bonchev–Trinajstić information content (AvgIpc) is 2.99. The lowest BCUT2D eigenvalue weighted by Crippen LogP contribution is -2.32. The first-order chi connectivity index (χ1) is 9.26. The van der Waals surface area contributed by atoms with Crippen LogP contribution in [0.3, 0.4) is 0 Å². The lowest BCUT2D eigenvalue weighted by Gasteiger charge is -2.14. The van der Waals surface area contributed by atoms with Crippen molar-refractivity contribution in [1.82, 2.24) is 25.4 Å². The van der Waals surface area contributed by atoms with Crippen LogP contribution in [0.15, 0.2) is 0 Å². The summed E-state index contributed by atoms with van der Waals surface area (Å²) in [6.45, 7) is 5.02. The third-order valence-corrected chi connectivity index (χ3v) is 4.00. The lowest BCUT2D eigenvalue weighted by molar-refractivity contribution is 0.0937. The molecule has 1 saturated heterocycles. The highest BCUT2D eigenvalue weighted by Crippen LogP contribution is 2.31. The highest BCUT2D eigenvalue weighted by atomic mass is 16.2. The summed E-state index contributed by atoms with van der Waals surface area (Å²) in [5.74, 6) is 1.43. The summed E-state index contributed by atoms with van der Waals surface area (Å²) < 4.78 is 0. The number of carbonyl (C=O) groups excluding carboxylic acids is 1. The van der Waals surface area contributed by atoms with Crippen molar-refractivity contribution >= 4 is 5.91 Å². The number of hydrogen-bond donors (Lipinski definition) is 2. The molecular weight excluding hydrogens is 242 g/mol. The molecule has 104 valence electrons. The van der Waals surface area contributed by atoms with Crippen LogP contribution >= 0.6 is 0 Å². The fourth-order valence-electron chi connectivity index (χ4n) is 2.67. The number of likely N-dealkylation sites (tertiary alicyclic amines) is 1. The number of carbonyl (C=O) groups is 1. The van der Waals surface area contributed by atoms with Crippen LogP contribution in [0, 0.1) is 5.92 Å². The summed E-state index contributed by atoms with van der Waals surface area (Å²) in [5.41, 5.74) is 0. The number of aryl methyl sites for hydroxylation is 1. The van der Waals surface area contributed by atoms with E-state index >= 15 is 0 Å². The summed E-state index contributed by atoms with van der Waals surface area (Å²) in [4.78, 5) is 18.6. The normalized spacial score (nSPS) is 23.7. The molecule has 0 spiro atoms. The number of H-pyrrole nitrogens is 1. The molecule has 1 aliphatic heterocycles.